The summed E-state index contributed by atoms with van der Waals surface area (Å²) in [7, 11) is 0. The third kappa shape index (κ3) is 4.48. The van der Waals surface area contributed by atoms with Gasteiger partial charge >= 0.3 is 0 Å². The number of rotatable bonds is 7. The molecule has 0 radical (unpaired) electrons. The zero-order valence-corrected chi connectivity index (χ0v) is 13.3. The molecule has 0 bridgehead atoms. The van der Waals surface area contributed by atoms with E-state index in [1.165, 1.54) is 16.9 Å². The molecule has 0 fully saturated rings. The molecule has 0 aliphatic carbocycles. The Hall–Kier alpha value is -0.550. The van der Waals surface area contributed by atoms with E-state index < -0.39 is 0 Å². The van der Waals surface area contributed by atoms with Crippen LogP contribution in [0.1, 0.15) is 37.5 Å². The first kappa shape index (κ1) is 15.8. The average Bonchev–Trinajstić information content (AvgIpc) is 2.46. The van der Waals surface area contributed by atoms with E-state index in [1.807, 2.05) is 11.8 Å². The lowest BCUT2D eigenvalue weighted by molar-refractivity contribution is 0.0310. The van der Waals surface area contributed by atoms with E-state index in [-0.39, 0.29) is 6.10 Å². The van der Waals surface area contributed by atoms with Crippen LogP contribution in [-0.2, 0) is 11.2 Å². The summed E-state index contributed by atoms with van der Waals surface area (Å²) in [4.78, 5) is 0. The first-order valence-electron chi connectivity index (χ1n) is 7.44. The Kier molecular flexibility index (Phi) is 6.36. The zero-order valence-electron chi connectivity index (χ0n) is 12.5. The Morgan fingerprint density at radius 1 is 1.35 bits per heavy atom. The largest absolute Gasteiger partial charge is 0.373 e. The summed E-state index contributed by atoms with van der Waals surface area (Å²) >= 11 is 1.97. The van der Waals surface area contributed by atoms with Crippen molar-refractivity contribution in [3.8, 4) is 0 Å². The molecule has 0 saturated carbocycles. The Bertz CT molecular complexity index is 411. The van der Waals surface area contributed by atoms with E-state index in [2.05, 4.69) is 43.5 Å². The Morgan fingerprint density at radius 3 is 2.90 bits per heavy atom. The molecule has 1 aromatic rings. The second-order valence-corrected chi connectivity index (χ2v) is 6.91. The van der Waals surface area contributed by atoms with Gasteiger partial charge in [-0.15, -0.1) is 0 Å². The fourth-order valence-electron chi connectivity index (χ4n) is 2.56. The van der Waals surface area contributed by atoms with Gasteiger partial charge in [0, 0.05) is 11.8 Å². The molecule has 0 amide bonds. The van der Waals surface area contributed by atoms with Crippen molar-refractivity contribution in [3.05, 3.63) is 35.4 Å². The molecule has 112 valence electrons. The van der Waals surface area contributed by atoms with Crippen molar-refractivity contribution < 1.29 is 4.74 Å². The van der Waals surface area contributed by atoms with E-state index in [4.69, 9.17) is 10.6 Å². The van der Waals surface area contributed by atoms with Gasteiger partial charge in [0.2, 0.25) is 0 Å². The van der Waals surface area contributed by atoms with E-state index in [9.17, 15) is 0 Å². The first-order chi connectivity index (χ1) is 9.70. The second-order valence-electron chi connectivity index (χ2n) is 5.84. The van der Waals surface area contributed by atoms with Gasteiger partial charge in [0.1, 0.15) is 0 Å². The van der Waals surface area contributed by atoms with Crippen LogP contribution in [-0.4, -0.2) is 24.2 Å². The Morgan fingerprint density at radius 2 is 2.15 bits per heavy atom. The fourth-order valence-corrected chi connectivity index (χ4v) is 3.68. The average molecular weight is 294 g/mol. The van der Waals surface area contributed by atoms with Gasteiger partial charge in [0.25, 0.3) is 0 Å². The normalized spacial score (nSPS) is 19.9. The maximum Gasteiger partial charge on any atom is 0.0843 e. The number of benzene rings is 1. The molecular formula is C16H26N2OS. The van der Waals surface area contributed by atoms with Crippen molar-refractivity contribution in [2.24, 2.45) is 11.8 Å². The SMILES string of the molecule is CC(C)CSCC(CC1OCCc2ccccc21)NN. The summed E-state index contributed by atoms with van der Waals surface area (Å²) in [6.07, 6.45) is 2.15. The highest BCUT2D eigenvalue weighted by Crippen LogP contribution is 2.30. The summed E-state index contributed by atoms with van der Waals surface area (Å²) < 4.78 is 5.96. The van der Waals surface area contributed by atoms with E-state index in [0.717, 1.165) is 31.1 Å². The molecule has 0 saturated heterocycles. The van der Waals surface area contributed by atoms with Crippen LogP contribution in [0.15, 0.2) is 24.3 Å². The van der Waals surface area contributed by atoms with Gasteiger partial charge in [0.15, 0.2) is 0 Å². The summed E-state index contributed by atoms with van der Waals surface area (Å²) in [5.74, 6) is 8.65. The highest BCUT2D eigenvalue weighted by Gasteiger charge is 2.23. The predicted molar refractivity (Wildman–Crippen MR) is 86.7 cm³/mol. The third-order valence-corrected chi connectivity index (χ3v) is 5.14. The number of ether oxygens (including phenoxy) is 1. The molecule has 2 atom stereocenters. The standard InChI is InChI=1S/C16H26N2OS/c1-12(2)10-20-11-14(18-17)9-16-15-6-4-3-5-13(15)7-8-19-16/h3-6,12,14,16,18H,7-11,17H2,1-2H3. The Balaban J connectivity index is 1.91. The van der Waals surface area contributed by atoms with Crippen LogP contribution in [0.2, 0.25) is 0 Å². The highest BCUT2D eigenvalue weighted by molar-refractivity contribution is 7.99. The van der Waals surface area contributed by atoms with Crippen LogP contribution >= 0.6 is 11.8 Å². The number of nitrogens with one attached hydrogen (secondary N) is 1. The number of fused-ring (bicyclic) bond motifs is 1. The predicted octanol–water partition coefficient (Wildman–Crippen LogP) is 2.91. The summed E-state index contributed by atoms with van der Waals surface area (Å²) in [6.45, 7) is 5.31. The monoisotopic (exact) mass is 294 g/mol. The molecule has 0 aromatic heterocycles. The van der Waals surface area contributed by atoms with Gasteiger partial charge in [-0.3, -0.25) is 11.3 Å². The quantitative estimate of drug-likeness (QED) is 0.599. The molecule has 0 spiro atoms. The van der Waals surface area contributed by atoms with Crippen molar-refractivity contribution in [2.45, 2.75) is 38.8 Å². The molecule has 20 heavy (non-hydrogen) atoms. The molecule has 3 N–H and O–H groups in total. The van der Waals surface area contributed by atoms with Crippen LogP contribution < -0.4 is 11.3 Å². The van der Waals surface area contributed by atoms with Gasteiger partial charge < -0.3 is 4.74 Å². The lowest BCUT2D eigenvalue weighted by Crippen LogP contribution is -2.39. The van der Waals surface area contributed by atoms with E-state index >= 15 is 0 Å². The van der Waals surface area contributed by atoms with Crippen molar-refractivity contribution in [1.82, 2.24) is 5.43 Å². The molecule has 2 unspecified atom stereocenters. The number of nitrogens with two attached hydrogens (primary N) is 1. The van der Waals surface area contributed by atoms with Crippen molar-refractivity contribution in [3.63, 3.8) is 0 Å². The molecule has 1 aliphatic rings. The first-order valence-corrected chi connectivity index (χ1v) is 8.59. The topological polar surface area (TPSA) is 47.3 Å². The lowest BCUT2D eigenvalue weighted by Gasteiger charge is -2.29. The maximum atomic E-state index is 5.96. The molecule has 3 nitrogen and oxygen atoms in total. The molecule has 1 aliphatic heterocycles. The van der Waals surface area contributed by atoms with Gasteiger partial charge in [-0.05, 0) is 35.6 Å². The number of hydrogen-bond acceptors (Lipinski definition) is 4. The third-order valence-electron chi connectivity index (χ3n) is 3.60. The van der Waals surface area contributed by atoms with Crippen LogP contribution in [0, 0.1) is 5.92 Å². The van der Waals surface area contributed by atoms with Crippen molar-refractivity contribution in [1.29, 1.82) is 0 Å². The van der Waals surface area contributed by atoms with Gasteiger partial charge in [-0.1, -0.05) is 38.1 Å². The van der Waals surface area contributed by atoms with Crippen LogP contribution in [0.25, 0.3) is 0 Å². The summed E-state index contributed by atoms with van der Waals surface area (Å²) in [5.41, 5.74) is 5.72. The minimum absolute atomic E-state index is 0.181. The van der Waals surface area contributed by atoms with Crippen LogP contribution in [0.4, 0.5) is 0 Å². The Labute approximate surface area is 126 Å². The van der Waals surface area contributed by atoms with Crippen molar-refractivity contribution in [2.75, 3.05) is 18.1 Å². The summed E-state index contributed by atoms with van der Waals surface area (Å²) in [6, 6.07) is 8.91. The van der Waals surface area contributed by atoms with Crippen LogP contribution in [0.3, 0.4) is 0 Å². The molecule has 4 heteroatoms. The zero-order chi connectivity index (χ0) is 14.4. The number of hydrazine groups is 1. The van der Waals surface area contributed by atoms with Crippen molar-refractivity contribution >= 4 is 11.8 Å². The fraction of sp³-hybridized carbons (Fsp3) is 0.625. The minimum atomic E-state index is 0.181. The molecule has 2 rings (SSSR count). The minimum Gasteiger partial charge on any atom is -0.373 e. The summed E-state index contributed by atoms with van der Waals surface area (Å²) in [5, 5.41) is 0. The molecule has 1 heterocycles. The number of thioether (sulfide) groups is 1. The second kappa shape index (κ2) is 8.03. The van der Waals surface area contributed by atoms with Gasteiger partial charge in [0.05, 0.1) is 12.7 Å². The van der Waals surface area contributed by atoms with Gasteiger partial charge in [-0.2, -0.15) is 11.8 Å². The van der Waals surface area contributed by atoms with Crippen LogP contribution in [0.5, 0.6) is 0 Å². The smallest absolute Gasteiger partial charge is 0.0843 e. The molecule has 1 aromatic carbocycles. The maximum absolute atomic E-state index is 5.96. The van der Waals surface area contributed by atoms with E-state index in [1.54, 1.807) is 0 Å². The number of hydrogen-bond donors (Lipinski definition) is 2. The van der Waals surface area contributed by atoms with E-state index in [0.29, 0.717) is 6.04 Å². The molecular weight excluding hydrogens is 268 g/mol. The lowest BCUT2D eigenvalue weighted by atomic mass is 9.94. The van der Waals surface area contributed by atoms with Gasteiger partial charge in [-0.25, -0.2) is 0 Å². The highest BCUT2D eigenvalue weighted by atomic mass is 32.2.